The molecule has 0 bridgehead atoms. The van der Waals surface area contributed by atoms with Gasteiger partial charge in [0.1, 0.15) is 6.54 Å². The Hall–Kier alpha value is -1.64. The molecule has 9 heteroatoms. The van der Waals surface area contributed by atoms with Crippen LogP contribution < -0.4 is 10.6 Å². The van der Waals surface area contributed by atoms with E-state index >= 15 is 0 Å². The lowest BCUT2D eigenvalue weighted by atomic mass is 10.2. The Balaban J connectivity index is 0.00000312. The molecule has 1 aromatic rings. The van der Waals surface area contributed by atoms with Crippen molar-refractivity contribution in [1.29, 1.82) is 0 Å². The number of rotatable bonds is 7. The van der Waals surface area contributed by atoms with Gasteiger partial charge >= 0.3 is 0 Å². The minimum absolute atomic E-state index is 0. The highest BCUT2D eigenvalue weighted by Gasteiger charge is 2.25. The van der Waals surface area contributed by atoms with E-state index in [0.29, 0.717) is 25.2 Å². The molecule has 1 fully saturated rings. The van der Waals surface area contributed by atoms with Gasteiger partial charge in [-0.1, -0.05) is 0 Å². The molecule has 2 rings (SSSR count). The van der Waals surface area contributed by atoms with Gasteiger partial charge in [-0.15, -0.1) is 12.4 Å². The third-order valence-electron chi connectivity index (χ3n) is 3.82. The van der Waals surface area contributed by atoms with Gasteiger partial charge in [0.25, 0.3) is 0 Å². The van der Waals surface area contributed by atoms with Gasteiger partial charge in [0, 0.05) is 25.7 Å². The van der Waals surface area contributed by atoms with Crippen LogP contribution in [0.5, 0.6) is 0 Å². The van der Waals surface area contributed by atoms with Crippen molar-refractivity contribution in [3.8, 4) is 0 Å². The van der Waals surface area contributed by atoms with Crippen LogP contribution in [0.3, 0.4) is 0 Å². The van der Waals surface area contributed by atoms with Crippen molar-refractivity contribution in [2.24, 2.45) is 0 Å². The van der Waals surface area contributed by atoms with E-state index in [0.717, 1.165) is 13.0 Å². The number of morpholine rings is 1. The van der Waals surface area contributed by atoms with Gasteiger partial charge in [0.2, 0.25) is 11.8 Å². The summed E-state index contributed by atoms with van der Waals surface area (Å²) < 4.78 is 7.19. The molecule has 8 nitrogen and oxygen atoms in total. The molecule has 0 aromatic carbocycles. The minimum Gasteiger partial charge on any atom is -0.372 e. The SMILES string of the molecule is CNCCCC(=O)Nc1cnn(CC(=O)N2CC(C)OC(C)C2)c1.Cl. The smallest absolute Gasteiger partial charge is 0.244 e. The zero-order chi connectivity index (χ0) is 17.5. The van der Waals surface area contributed by atoms with Gasteiger partial charge in [-0.05, 0) is 33.9 Å². The van der Waals surface area contributed by atoms with E-state index in [1.807, 2.05) is 20.9 Å². The number of nitrogens with one attached hydrogen (secondary N) is 2. The third kappa shape index (κ3) is 7.01. The lowest BCUT2D eigenvalue weighted by Gasteiger charge is -2.35. The van der Waals surface area contributed by atoms with Gasteiger partial charge in [-0.25, -0.2) is 0 Å². The average molecular weight is 374 g/mol. The largest absolute Gasteiger partial charge is 0.372 e. The minimum atomic E-state index is -0.0491. The third-order valence-corrected chi connectivity index (χ3v) is 3.82. The predicted octanol–water partition coefficient (Wildman–Crippen LogP) is 0.879. The number of anilines is 1. The first-order valence-corrected chi connectivity index (χ1v) is 8.38. The van der Waals surface area contributed by atoms with Crippen LogP contribution >= 0.6 is 12.4 Å². The summed E-state index contributed by atoms with van der Waals surface area (Å²) in [6, 6.07) is 0. The van der Waals surface area contributed by atoms with E-state index in [9.17, 15) is 9.59 Å². The second-order valence-corrected chi connectivity index (χ2v) is 6.24. The lowest BCUT2D eigenvalue weighted by Crippen LogP contribution is -2.49. The molecule has 2 atom stereocenters. The maximum atomic E-state index is 12.4. The standard InChI is InChI=1S/C16H27N5O3.ClH/c1-12-8-20(9-13(2)24-12)16(23)11-21-10-14(7-18-21)19-15(22)5-4-6-17-3;/h7,10,12-13,17H,4-6,8-9,11H2,1-3H3,(H,19,22);1H. The molecule has 1 saturated heterocycles. The van der Waals surface area contributed by atoms with Crippen molar-refractivity contribution in [1.82, 2.24) is 20.0 Å². The predicted molar refractivity (Wildman–Crippen MR) is 97.9 cm³/mol. The monoisotopic (exact) mass is 373 g/mol. The van der Waals surface area contributed by atoms with Crippen LogP contribution in [0.25, 0.3) is 0 Å². The Kier molecular flexibility index (Phi) is 8.88. The molecule has 0 aliphatic carbocycles. The first-order valence-electron chi connectivity index (χ1n) is 8.38. The van der Waals surface area contributed by atoms with E-state index < -0.39 is 0 Å². The normalized spacial score (nSPS) is 20.0. The first-order chi connectivity index (χ1) is 11.5. The second kappa shape index (κ2) is 10.4. The number of amides is 2. The second-order valence-electron chi connectivity index (χ2n) is 6.24. The van der Waals surface area contributed by atoms with Crippen molar-refractivity contribution in [3.05, 3.63) is 12.4 Å². The zero-order valence-electron chi connectivity index (χ0n) is 15.0. The fourth-order valence-electron chi connectivity index (χ4n) is 2.78. The van der Waals surface area contributed by atoms with Gasteiger partial charge in [0.05, 0.1) is 24.1 Å². The number of nitrogens with zero attached hydrogens (tertiary/aromatic N) is 3. The molecular weight excluding hydrogens is 346 g/mol. The summed E-state index contributed by atoms with van der Waals surface area (Å²) in [6.07, 6.45) is 4.57. The topological polar surface area (TPSA) is 88.5 Å². The van der Waals surface area contributed by atoms with Crippen LogP contribution in [0.2, 0.25) is 0 Å². The number of ether oxygens (including phenoxy) is 1. The van der Waals surface area contributed by atoms with Crippen LogP contribution in [0, 0.1) is 0 Å². The highest BCUT2D eigenvalue weighted by molar-refractivity contribution is 5.90. The van der Waals surface area contributed by atoms with Crippen LogP contribution in [0.15, 0.2) is 12.4 Å². The van der Waals surface area contributed by atoms with Crippen LogP contribution in [0.4, 0.5) is 5.69 Å². The van der Waals surface area contributed by atoms with E-state index in [2.05, 4.69) is 15.7 Å². The van der Waals surface area contributed by atoms with E-state index in [1.54, 1.807) is 22.0 Å². The first kappa shape index (κ1) is 21.4. The lowest BCUT2D eigenvalue weighted by molar-refractivity contribution is -0.144. The quantitative estimate of drug-likeness (QED) is 0.692. The van der Waals surface area contributed by atoms with Gasteiger partial charge in [-0.2, -0.15) is 5.10 Å². The molecule has 0 radical (unpaired) electrons. The number of hydrogen-bond acceptors (Lipinski definition) is 5. The van der Waals surface area contributed by atoms with Crippen molar-refractivity contribution >= 4 is 29.9 Å². The van der Waals surface area contributed by atoms with E-state index in [4.69, 9.17) is 4.74 Å². The average Bonchev–Trinajstić information content (AvgIpc) is 2.93. The van der Waals surface area contributed by atoms with Gasteiger partial charge < -0.3 is 20.3 Å². The molecule has 1 aliphatic rings. The van der Waals surface area contributed by atoms with Crippen molar-refractivity contribution < 1.29 is 14.3 Å². The van der Waals surface area contributed by atoms with E-state index in [1.165, 1.54) is 0 Å². The molecule has 142 valence electrons. The molecule has 25 heavy (non-hydrogen) atoms. The highest BCUT2D eigenvalue weighted by Crippen LogP contribution is 2.12. The van der Waals surface area contributed by atoms with Crippen LogP contribution in [0.1, 0.15) is 26.7 Å². The molecule has 0 saturated carbocycles. The summed E-state index contributed by atoms with van der Waals surface area (Å²) in [7, 11) is 1.86. The Morgan fingerprint density at radius 1 is 1.32 bits per heavy atom. The molecular formula is C16H28ClN5O3. The number of halogens is 1. The summed E-state index contributed by atoms with van der Waals surface area (Å²) in [4.78, 5) is 26.0. The maximum absolute atomic E-state index is 12.4. The fourth-order valence-corrected chi connectivity index (χ4v) is 2.78. The Morgan fingerprint density at radius 3 is 2.64 bits per heavy atom. The summed E-state index contributed by atoms with van der Waals surface area (Å²) in [5, 5.41) is 9.95. The van der Waals surface area contributed by atoms with Crippen LogP contribution in [-0.4, -0.2) is 65.4 Å². The molecule has 1 aromatic heterocycles. The number of hydrogen-bond donors (Lipinski definition) is 2. The Labute approximate surface area is 154 Å². The van der Waals surface area contributed by atoms with Gasteiger partial charge in [0.15, 0.2) is 0 Å². The van der Waals surface area contributed by atoms with E-state index in [-0.39, 0.29) is 43.0 Å². The summed E-state index contributed by atoms with van der Waals surface area (Å²) in [5.41, 5.74) is 0.612. The Bertz CT molecular complexity index is 556. The summed E-state index contributed by atoms with van der Waals surface area (Å²) in [5.74, 6) is -0.0426. The van der Waals surface area contributed by atoms with Crippen LogP contribution in [-0.2, 0) is 20.9 Å². The number of carbonyl (C=O) groups excluding carboxylic acids is 2. The molecule has 2 heterocycles. The summed E-state index contributed by atoms with van der Waals surface area (Å²) >= 11 is 0. The maximum Gasteiger partial charge on any atom is 0.244 e. The molecule has 2 amide bonds. The Morgan fingerprint density at radius 2 is 2.00 bits per heavy atom. The zero-order valence-corrected chi connectivity index (χ0v) is 15.8. The van der Waals surface area contributed by atoms with Gasteiger partial charge in [-0.3, -0.25) is 14.3 Å². The molecule has 1 aliphatic heterocycles. The molecule has 0 spiro atoms. The number of aromatic nitrogens is 2. The molecule has 2 N–H and O–H groups in total. The summed E-state index contributed by atoms with van der Waals surface area (Å²) in [6.45, 7) is 6.09. The van der Waals surface area contributed by atoms with Crippen molar-refractivity contribution in [2.75, 3.05) is 32.0 Å². The van der Waals surface area contributed by atoms with Crippen molar-refractivity contribution in [2.45, 2.75) is 45.4 Å². The highest BCUT2D eigenvalue weighted by atomic mass is 35.5. The van der Waals surface area contributed by atoms with Crippen molar-refractivity contribution in [3.63, 3.8) is 0 Å². The fraction of sp³-hybridized carbons (Fsp3) is 0.688. The number of carbonyl (C=O) groups is 2. The molecule has 2 unspecified atom stereocenters.